The Labute approximate surface area is 125 Å². The number of nitrogens with zero attached hydrogens (tertiary/aromatic N) is 2. The molecule has 1 aliphatic rings. The van der Waals surface area contributed by atoms with E-state index in [1.54, 1.807) is 11.9 Å². The molecule has 1 saturated heterocycles. The van der Waals surface area contributed by atoms with Gasteiger partial charge in [0, 0.05) is 33.1 Å². The predicted octanol–water partition coefficient (Wildman–Crippen LogP) is -0.550. The van der Waals surface area contributed by atoms with E-state index < -0.39 is 12.0 Å². The Kier molecular flexibility index (Phi) is 6.14. The van der Waals surface area contributed by atoms with Crippen molar-refractivity contribution in [1.29, 1.82) is 0 Å². The summed E-state index contributed by atoms with van der Waals surface area (Å²) < 4.78 is 4.76. The average molecular weight is 299 g/mol. The Bertz CT molecular complexity index is 405. The number of methoxy groups -OCH3 is 1. The smallest absolute Gasteiger partial charge is 0.328 e. The zero-order chi connectivity index (χ0) is 16.2. The summed E-state index contributed by atoms with van der Waals surface area (Å²) in [7, 11) is 2.92. The van der Waals surface area contributed by atoms with Crippen molar-refractivity contribution >= 4 is 17.8 Å². The summed E-state index contributed by atoms with van der Waals surface area (Å²) in [5, 5.41) is 0. The van der Waals surface area contributed by atoms with E-state index in [9.17, 15) is 14.4 Å². The van der Waals surface area contributed by atoms with Crippen LogP contribution in [0.25, 0.3) is 0 Å². The highest BCUT2D eigenvalue weighted by molar-refractivity contribution is 5.88. The van der Waals surface area contributed by atoms with Gasteiger partial charge in [0.1, 0.15) is 6.04 Å². The second kappa shape index (κ2) is 7.40. The van der Waals surface area contributed by atoms with E-state index in [-0.39, 0.29) is 23.7 Å². The minimum Gasteiger partial charge on any atom is -0.467 e. The Hall–Kier alpha value is -1.63. The van der Waals surface area contributed by atoms with Gasteiger partial charge >= 0.3 is 5.97 Å². The van der Waals surface area contributed by atoms with Gasteiger partial charge in [0.2, 0.25) is 11.8 Å². The summed E-state index contributed by atoms with van der Waals surface area (Å²) >= 11 is 0. The third-order valence-electron chi connectivity index (χ3n) is 3.78. The first-order valence-corrected chi connectivity index (χ1v) is 7.15. The van der Waals surface area contributed by atoms with Gasteiger partial charge in [-0.15, -0.1) is 0 Å². The number of ether oxygens (including phenoxy) is 1. The van der Waals surface area contributed by atoms with Crippen LogP contribution in [0.4, 0.5) is 0 Å². The number of carbonyl (C=O) groups excluding carboxylic acids is 3. The minimum absolute atomic E-state index is 0.0300. The van der Waals surface area contributed by atoms with E-state index in [0.29, 0.717) is 26.1 Å². The van der Waals surface area contributed by atoms with Gasteiger partial charge in [-0.1, -0.05) is 13.8 Å². The molecule has 1 heterocycles. The van der Waals surface area contributed by atoms with Crippen LogP contribution in [0.2, 0.25) is 0 Å². The van der Waals surface area contributed by atoms with Gasteiger partial charge < -0.3 is 20.3 Å². The van der Waals surface area contributed by atoms with Crippen LogP contribution in [0.15, 0.2) is 0 Å². The van der Waals surface area contributed by atoms with E-state index in [2.05, 4.69) is 0 Å². The first-order valence-electron chi connectivity index (χ1n) is 7.15. The van der Waals surface area contributed by atoms with Crippen LogP contribution in [0.1, 0.15) is 20.3 Å². The van der Waals surface area contributed by atoms with Crippen LogP contribution in [0.3, 0.4) is 0 Å². The van der Waals surface area contributed by atoms with E-state index >= 15 is 0 Å². The number of nitrogens with two attached hydrogens (primary N) is 1. The van der Waals surface area contributed by atoms with Gasteiger partial charge in [-0.25, -0.2) is 4.79 Å². The molecule has 1 fully saturated rings. The molecule has 21 heavy (non-hydrogen) atoms. The molecule has 0 aromatic carbocycles. The lowest BCUT2D eigenvalue weighted by molar-refractivity contribution is -0.159. The number of amides is 2. The molecule has 1 rings (SSSR count). The Balaban J connectivity index is 2.60. The van der Waals surface area contributed by atoms with E-state index in [4.69, 9.17) is 10.5 Å². The van der Waals surface area contributed by atoms with E-state index in [1.807, 2.05) is 13.8 Å². The van der Waals surface area contributed by atoms with Gasteiger partial charge in [-0.05, 0) is 5.92 Å². The van der Waals surface area contributed by atoms with E-state index in [0.717, 1.165) is 0 Å². The zero-order valence-corrected chi connectivity index (χ0v) is 13.2. The van der Waals surface area contributed by atoms with Gasteiger partial charge in [0.25, 0.3) is 0 Å². The molecule has 2 N–H and O–H groups in total. The average Bonchev–Trinajstić information content (AvgIpc) is 2.36. The fraction of sp³-hybridized carbons (Fsp3) is 0.786. The molecule has 0 radical (unpaired) electrons. The minimum atomic E-state index is -0.601. The number of esters is 1. The molecule has 0 aliphatic carbocycles. The molecule has 0 saturated carbocycles. The molecule has 0 bridgehead atoms. The van der Waals surface area contributed by atoms with Gasteiger partial charge in [0.05, 0.1) is 13.0 Å². The highest BCUT2D eigenvalue weighted by Crippen LogP contribution is 2.21. The van der Waals surface area contributed by atoms with Crippen molar-refractivity contribution in [2.75, 3.05) is 33.8 Å². The normalized spacial score (nSPS) is 16.4. The second-order valence-electron chi connectivity index (χ2n) is 5.70. The first-order chi connectivity index (χ1) is 9.83. The highest BCUT2D eigenvalue weighted by atomic mass is 16.5. The molecular formula is C14H25N3O4. The zero-order valence-electron chi connectivity index (χ0n) is 13.2. The van der Waals surface area contributed by atoms with Crippen LogP contribution < -0.4 is 5.73 Å². The maximum absolute atomic E-state index is 12.4. The third-order valence-corrected chi connectivity index (χ3v) is 3.78. The highest BCUT2D eigenvalue weighted by Gasteiger charge is 2.40. The Morgan fingerprint density at radius 2 is 1.90 bits per heavy atom. The number of likely N-dealkylation sites (tertiary alicyclic amines) is 1. The van der Waals surface area contributed by atoms with E-state index in [1.165, 1.54) is 12.0 Å². The molecule has 2 amide bonds. The van der Waals surface area contributed by atoms with Crippen LogP contribution in [-0.4, -0.2) is 67.4 Å². The number of hydrogen-bond donors (Lipinski definition) is 1. The summed E-state index contributed by atoms with van der Waals surface area (Å²) in [6.07, 6.45) is 0.299. The number of carbonyl (C=O) groups is 3. The summed E-state index contributed by atoms with van der Waals surface area (Å²) in [6, 6.07) is -0.601. The topological polar surface area (TPSA) is 92.9 Å². The fourth-order valence-corrected chi connectivity index (χ4v) is 2.54. The first kappa shape index (κ1) is 17.4. The third kappa shape index (κ3) is 3.93. The standard InChI is InChI=1S/C14H25N3O4/c1-9(2)12(14(20)21-4)16(3)13(19)10-7-17(8-10)11(18)5-6-15/h9-10,12H,5-8,15H2,1-4H3. The molecule has 1 atom stereocenters. The molecule has 7 heteroatoms. The largest absolute Gasteiger partial charge is 0.467 e. The SMILES string of the molecule is COC(=O)C(C(C)C)N(C)C(=O)C1CN(C(=O)CCN)C1. The van der Waals surface area contributed by atoms with Crippen LogP contribution in [-0.2, 0) is 19.1 Å². The Morgan fingerprint density at radius 3 is 2.33 bits per heavy atom. The number of rotatable bonds is 6. The molecule has 1 aliphatic heterocycles. The predicted molar refractivity (Wildman–Crippen MR) is 77.2 cm³/mol. The molecular weight excluding hydrogens is 274 g/mol. The molecule has 0 spiro atoms. The quantitative estimate of drug-likeness (QED) is 0.664. The maximum atomic E-state index is 12.4. The second-order valence-corrected chi connectivity index (χ2v) is 5.70. The van der Waals surface area contributed by atoms with Crippen molar-refractivity contribution in [3.8, 4) is 0 Å². The summed E-state index contributed by atoms with van der Waals surface area (Å²) in [5.74, 6) is -0.867. The summed E-state index contributed by atoms with van der Waals surface area (Å²) in [4.78, 5) is 38.8. The lowest BCUT2D eigenvalue weighted by Gasteiger charge is -2.41. The number of likely N-dealkylation sites (N-methyl/N-ethyl adjacent to an activating group) is 1. The lowest BCUT2D eigenvalue weighted by atomic mass is 9.95. The summed E-state index contributed by atoms with van der Waals surface area (Å²) in [5.41, 5.74) is 5.34. The molecule has 0 aromatic rings. The molecule has 120 valence electrons. The summed E-state index contributed by atoms with van der Waals surface area (Å²) in [6.45, 7) is 4.83. The van der Waals surface area contributed by atoms with Gasteiger partial charge in [-0.3, -0.25) is 9.59 Å². The van der Waals surface area contributed by atoms with Crippen molar-refractivity contribution in [3.63, 3.8) is 0 Å². The van der Waals surface area contributed by atoms with Gasteiger partial charge in [0.15, 0.2) is 0 Å². The maximum Gasteiger partial charge on any atom is 0.328 e. The number of hydrogen-bond acceptors (Lipinski definition) is 5. The van der Waals surface area contributed by atoms with Crippen molar-refractivity contribution in [3.05, 3.63) is 0 Å². The molecule has 0 aromatic heterocycles. The monoisotopic (exact) mass is 299 g/mol. The molecule has 7 nitrogen and oxygen atoms in total. The molecule has 1 unspecified atom stereocenters. The van der Waals surface area contributed by atoms with Crippen molar-refractivity contribution in [2.45, 2.75) is 26.3 Å². The van der Waals surface area contributed by atoms with Crippen LogP contribution >= 0.6 is 0 Å². The van der Waals surface area contributed by atoms with Gasteiger partial charge in [-0.2, -0.15) is 0 Å². The van der Waals surface area contributed by atoms with Crippen molar-refractivity contribution in [1.82, 2.24) is 9.80 Å². The lowest BCUT2D eigenvalue weighted by Crippen LogP contribution is -2.58. The van der Waals surface area contributed by atoms with Crippen LogP contribution in [0, 0.1) is 11.8 Å². The van der Waals surface area contributed by atoms with Crippen molar-refractivity contribution < 1.29 is 19.1 Å². The Morgan fingerprint density at radius 1 is 1.33 bits per heavy atom. The van der Waals surface area contributed by atoms with Crippen molar-refractivity contribution in [2.24, 2.45) is 17.6 Å². The fourth-order valence-electron chi connectivity index (χ4n) is 2.54. The van der Waals surface area contributed by atoms with Crippen LogP contribution in [0.5, 0.6) is 0 Å².